The molecule has 0 atom stereocenters. The van der Waals surface area contributed by atoms with Crippen LogP contribution in [0.4, 0.5) is 5.69 Å². The van der Waals surface area contributed by atoms with Crippen molar-refractivity contribution < 1.29 is 4.92 Å². The van der Waals surface area contributed by atoms with E-state index in [-0.39, 0.29) is 15.3 Å². The Morgan fingerprint density at radius 3 is 2.82 bits per heavy atom. The molecule has 0 amide bonds. The Balaban J connectivity index is 3.27. The molecule has 0 saturated carbocycles. The second-order valence-electron chi connectivity index (χ2n) is 1.69. The molecule has 0 radical (unpaired) electrons. The van der Waals surface area contributed by atoms with Gasteiger partial charge in [-0.2, -0.15) is 0 Å². The number of halogens is 2. The maximum absolute atomic E-state index is 10.2. The third-order valence-corrected chi connectivity index (χ3v) is 2.23. The molecule has 0 aliphatic heterocycles. The molecule has 0 aromatic carbocycles. The van der Waals surface area contributed by atoms with E-state index in [9.17, 15) is 10.1 Å². The van der Waals surface area contributed by atoms with Crippen LogP contribution in [0.2, 0.25) is 5.02 Å². The zero-order valence-corrected chi connectivity index (χ0v) is 7.46. The molecule has 0 aliphatic carbocycles. The lowest BCUT2D eigenvalue weighted by Gasteiger charge is -1.94. The van der Waals surface area contributed by atoms with Gasteiger partial charge in [0.15, 0.2) is 5.02 Å². The van der Waals surface area contributed by atoms with Crippen LogP contribution in [0.25, 0.3) is 0 Å². The molecular weight excluding hydrogens is 235 g/mol. The SMILES string of the molecule is O=[N+]([O-])c1ccnc(Br)c1Cl. The molecule has 0 saturated heterocycles. The molecule has 0 unspecified atom stereocenters. The van der Waals surface area contributed by atoms with E-state index in [1.54, 1.807) is 0 Å². The number of aromatic nitrogens is 1. The first kappa shape index (κ1) is 8.42. The first-order valence-electron chi connectivity index (χ1n) is 2.57. The molecule has 1 aromatic rings. The third-order valence-electron chi connectivity index (χ3n) is 1.02. The molecule has 1 rings (SSSR count). The summed E-state index contributed by atoms with van der Waals surface area (Å²) in [7, 11) is 0. The molecule has 1 heterocycles. The monoisotopic (exact) mass is 236 g/mol. The van der Waals surface area contributed by atoms with E-state index in [1.807, 2.05) is 0 Å². The van der Waals surface area contributed by atoms with Gasteiger partial charge in [-0.1, -0.05) is 11.6 Å². The first-order chi connectivity index (χ1) is 5.13. The average molecular weight is 237 g/mol. The Morgan fingerprint density at radius 2 is 2.36 bits per heavy atom. The Kier molecular flexibility index (Phi) is 2.41. The van der Waals surface area contributed by atoms with Crippen LogP contribution in [0.1, 0.15) is 0 Å². The molecular formula is C5H2BrClN2O2. The van der Waals surface area contributed by atoms with E-state index in [1.165, 1.54) is 12.3 Å². The summed E-state index contributed by atoms with van der Waals surface area (Å²) in [4.78, 5) is 13.4. The van der Waals surface area contributed by atoms with Crippen molar-refractivity contribution in [2.24, 2.45) is 0 Å². The quantitative estimate of drug-likeness (QED) is 0.428. The molecule has 0 N–H and O–H groups in total. The minimum atomic E-state index is -0.561. The lowest BCUT2D eigenvalue weighted by Crippen LogP contribution is -1.90. The van der Waals surface area contributed by atoms with Crippen molar-refractivity contribution in [1.82, 2.24) is 4.98 Å². The molecule has 0 fully saturated rings. The van der Waals surface area contributed by atoms with Gasteiger partial charge in [0, 0.05) is 12.3 Å². The van der Waals surface area contributed by atoms with Crippen LogP contribution in [0.5, 0.6) is 0 Å². The number of hydrogen-bond acceptors (Lipinski definition) is 3. The van der Waals surface area contributed by atoms with E-state index in [2.05, 4.69) is 20.9 Å². The predicted octanol–water partition coefficient (Wildman–Crippen LogP) is 2.41. The molecule has 0 aliphatic rings. The Bertz CT molecular complexity index is 305. The predicted molar refractivity (Wildman–Crippen MR) is 43.6 cm³/mol. The van der Waals surface area contributed by atoms with Crippen LogP contribution in [-0.2, 0) is 0 Å². The highest BCUT2D eigenvalue weighted by Gasteiger charge is 2.14. The average Bonchev–Trinajstić information content (AvgIpc) is 1.94. The number of nitro groups is 1. The number of nitrogens with zero attached hydrogens (tertiary/aromatic N) is 2. The molecule has 6 heteroatoms. The van der Waals surface area contributed by atoms with E-state index >= 15 is 0 Å². The van der Waals surface area contributed by atoms with Crippen molar-refractivity contribution in [3.8, 4) is 0 Å². The molecule has 0 spiro atoms. The fourth-order valence-corrected chi connectivity index (χ4v) is 1.05. The van der Waals surface area contributed by atoms with Gasteiger partial charge in [-0.3, -0.25) is 10.1 Å². The van der Waals surface area contributed by atoms with Crippen molar-refractivity contribution in [1.29, 1.82) is 0 Å². The van der Waals surface area contributed by atoms with Gasteiger partial charge in [0.1, 0.15) is 4.60 Å². The lowest BCUT2D eigenvalue weighted by molar-refractivity contribution is -0.384. The smallest absolute Gasteiger partial charge is 0.258 e. The highest BCUT2D eigenvalue weighted by molar-refractivity contribution is 9.10. The minimum Gasteiger partial charge on any atom is -0.258 e. The van der Waals surface area contributed by atoms with Gasteiger partial charge in [-0.25, -0.2) is 4.98 Å². The summed E-state index contributed by atoms with van der Waals surface area (Å²) in [6.07, 6.45) is 1.31. The van der Waals surface area contributed by atoms with Gasteiger partial charge in [0.25, 0.3) is 5.69 Å². The normalized spacial score (nSPS) is 9.64. The fourth-order valence-electron chi connectivity index (χ4n) is 0.550. The number of rotatable bonds is 1. The van der Waals surface area contributed by atoms with Crippen LogP contribution < -0.4 is 0 Å². The van der Waals surface area contributed by atoms with E-state index < -0.39 is 4.92 Å². The molecule has 4 nitrogen and oxygen atoms in total. The Labute approximate surface area is 75.5 Å². The van der Waals surface area contributed by atoms with E-state index in [0.717, 1.165) is 0 Å². The summed E-state index contributed by atoms with van der Waals surface area (Å²) in [5.41, 5.74) is -0.145. The van der Waals surface area contributed by atoms with Crippen molar-refractivity contribution in [2.75, 3.05) is 0 Å². The summed E-state index contributed by atoms with van der Waals surface area (Å²) in [6.45, 7) is 0. The Hall–Kier alpha value is -0.680. The van der Waals surface area contributed by atoms with Gasteiger partial charge < -0.3 is 0 Å². The first-order valence-corrected chi connectivity index (χ1v) is 3.74. The van der Waals surface area contributed by atoms with Crippen molar-refractivity contribution in [3.63, 3.8) is 0 Å². The summed E-state index contributed by atoms with van der Waals surface area (Å²) < 4.78 is 0.286. The Morgan fingerprint density at radius 1 is 1.73 bits per heavy atom. The van der Waals surface area contributed by atoms with Gasteiger partial charge in [-0.15, -0.1) is 0 Å². The van der Waals surface area contributed by atoms with Crippen LogP contribution in [0.3, 0.4) is 0 Å². The van der Waals surface area contributed by atoms with E-state index in [0.29, 0.717) is 0 Å². The zero-order chi connectivity index (χ0) is 8.43. The summed E-state index contributed by atoms with van der Waals surface area (Å²) in [5, 5.41) is 10.3. The van der Waals surface area contributed by atoms with Gasteiger partial charge in [0.05, 0.1) is 4.92 Å². The highest BCUT2D eigenvalue weighted by Crippen LogP contribution is 2.29. The molecule has 11 heavy (non-hydrogen) atoms. The van der Waals surface area contributed by atoms with Gasteiger partial charge in [-0.05, 0) is 15.9 Å². The minimum absolute atomic E-state index is 0.0255. The van der Waals surface area contributed by atoms with Crippen molar-refractivity contribution in [3.05, 3.63) is 32.0 Å². The largest absolute Gasteiger partial charge is 0.292 e. The highest BCUT2D eigenvalue weighted by atomic mass is 79.9. The number of hydrogen-bond donors (Lipinski definition) is 0. The van der Waals surface area contributed by atoms with Crippen LogP contribution >= 0.6 is 27.5 Å². The summed E-state index contributed by atoms with van der Waals surface area (Å²) >= 11 is 8.50. The van der Waals surface area contributed by atoms with Crippen LogP contribution in [0.15, 0.2) is 16.9 Å². The summed E-state index contributed by atoms with van der Waals surface area (Å²) in [6, 6.07) is 1.24. The standard InChI is InChI=1S/C5H2BrClN2O2/c6-5-4(7)3(9(10)11)1-2-8-5/h1-2H. The van der Waals surface area contributed by atoms with Crippen LogP contribution in [0, 0.1) is 10.1 Å². The van der Waals surface area contributed by atoms with Gasteiger partial charge >= 0.3 is 0 Å². The van der Waals surface area contributed by atoms with Crippen LogP contribution in [-0.4, -0.2) is 9.91 Å². The molecule has 1 aromatic heterocycles. The second kappa shape index (κ2) is 3.15. The molecule has 58 valence electrons. The second-order valence-corrected chi connectivity index (χ2v) is 2.82. The zero-order valence-electron chi connectivity index (χ0n) is 5.12. The fraction of sp³-hybridized carbons (Fsp3) is 0. The number of pyridine rings is 1. The van der Waals surface area contributed by atoms with Gasteiger partial charge in [0.2, 0.25) is 0 Å². The van der Waals surface area contributed by atoms with Crippen molar-refractivity contribution >= 4 is 33.2 Å². The topological polar surface area (TPSA) is 56.0 Å². The maximum Gasteiger partial charge on any atom is 0.292 e. The van der Waals surface area contributed by atoms with E-state index in [4.69, 9.17) is 11.6 Å². The molecule has 0 bridgehead atoms. The third kappa shape index (κ3) is 1.66. The van der Waals surface area contributed by atoms with Crippen molar-refractivity contribution in [2.45, 2.75) is 0 Å². The lowest BCUT2D eigenvalue weighted by atomic mass is 10.4. The summed E-state index contributed by atoms with van der Waals surface area (Å²) in [5.74, 6) is 0. The maximum atomic E-state index is 10.2.